The molecule has 3 rings (SSSR count). The minimum atomic E-state index is 0.489. The Labute approximate surface area is 119 Å². The largest absolute Gasteiger partial charge is 0.308 e. The van der Waals surface area contributed by atoms with Crippen LogP contribution >= 0.6 is 0 Å². The van der Waals surface area contributed by atoms with Gasteiger partial charge in [-0.05, 0) is 18.9 Å². The van der Waals surface area contributed by atoms with Gasteiger partial charge in [0.2, 0.25) is 0 Å². The van der Waals surface area contributed by atoms with Gasteiger partial charge in [-0.1, -0.05) is 42.0 Å². The zero-order chi connectivity index (χ0) is 13.8. The van der Waals surface area contributed by atoms with E-state index in [1.54, 1.807) is 6.33 Å². The van der Waals surface area contributed by atoms with E-state index in [1.807, 2.05) is 10.7 Å². The Morgan fingerprint density at radius 1 is 1.40 bits per heavy atom. The fourth-order valence-corrected chi connectivity index (χ4v) is 2.59. The van der Waals surface area contributed by atoms with Gasteiger partial charge in [0, 0.05) is 19.0 Å². The Morgan fingerprint density at radius 3 is 3.10 bits per heavy atom. The Kier molecular flexibility index (Phi) is 3.92. The molecule has 0 unspecified atom stereocenters. The highest BCUT2D eigenvalue weighted by atomic mass is 15.3. The zero-order valence-electron chi connectivity index (χ0n) is 11.8. The lowest BCUT2D eigenvalue weighted by Crippen LogP contribution is -2.38. The minimum absolute atomic E-state index is 0.489. The van der Waals surface area contributed by atoms with Crippen LogP contribution in [0.1, 0.15) is 24.7 Å². The summed E-state index contributed by atoms with van der Waals surface area (Å²) in [5, 5.41) is 7.87. The van der Waals surface area contributed by atoms with Gasteiger partial charge in [-0.3, -0.25) is 0 Å². The molecular formula is C16H20N4. The highest BCUT2D eigenvalue weighted by molar-refractivity contribution is 5.52. The van der Waals surface area contributed by atoms with E-state index in [1.165, 1.54) is 11.1 Å². The average molecular weight is 268 g/mol. The van der Waals surface area contributed by atoms with Crippen molar-refractivity contribution in [1.82, 2.24) is 20.1 Å². The smallest absolute Gasteiger partial charge is 0.138 e. The second kappa shape index (κ2) is 6.01. The summed E-state index contributed by atoms with van der Waals surface area (Å²) in [5.74, 6) is 1.11. The third kappa shape index (κ3) is 3.14. The average Bonchev–Trinajstić information content (AvgIpc) is 2.93. The lowest BCUT2D eigenvalue weighted by Gasteiger charge is -2.23. The first-order chi connectivity index (χ1) is 9.81. The molecule has 4 heteroatoms. The highest BCUT2D eigenvalue weighted by Crippen LogP contribution is 2.12. The van der Waals surface area contributed by atoms with E-state index in [-0.39, 0.29) is 0 Å². The van der Waals surface area contributed by atoms with Gasteiger partial charge in [0.25, 0.3) is 0 Å². The van der Waals surface area contributed by atoms with Crippen LogP contribution in [0.4, 0.5) is 0 Å². The fraction of sp³-hybridized carbons (Fsp3) is 0.375. The van der Waals surface area contributed by atoms with Gasteiger partial charge in [-0.15, -0.1) is 0 Å². The second-order valence-corrected chi connectivity index (χ2v) is 5.38. The van der Waals surface area contributed by atoms with Gasteiger partial charge in [0.15, 0.2) is 0 Å². The molecule has 1 aliphatic heterocycles. The summed E-state index contributed by atoms with van der Waals surface area (Å²) >= 11 is 0. The number of benzene rings is 1. The van der Waals surface area contributed by atoms with Gasteiger partial charge >= 0.3 is 0 Å². The summed E-state index contributed by atoms with van der Waals surface area (Å²) in [6.07, 6.45) is 6.03. The van der Waals surface area contributed by atoms with E-state index < -0.39 is 0 Å². The number of hydrogen-bond donors (Lipinski definition) is 1. The predicted octanol–water partition coefficient (Wildman–Crippen LogP) is 2.29. The molecule has 1 N–H and O–H groups in total. The topological polar surface area (TPSA) is 42.7 Å². The number of fused-ring (bicyclic) bond motifs is 1. The van der Waals surface area contributed by atoms with E-state index in [9.17, 15) is 0 Å². The number of rotatable bonds is 4. The minimum Gasteiger partial charge on any atom is -0.308 e. The van der Waals surface area contributed by atoms with Crippen LogP contribution < -0.4 is 5.32 Å². The molecule has 20 heavy (non-hydrogen) atoms. The Hall–Kier alpha value is -1.94. The lowest BCUT2D eigenvalue weighted by molar-refractivity contribution is 0.368. The first kappa shape index (κ1) is 13.1. The van der Waals surface area contributed by atoms with Crippen LogP contribution in [0.5, 0.6) is 0 Å². The maximum atomic E-state index is 4.25. The standard InChI is InChI=1S/C16H20N4/c1-13(9-14-5-3-2-4-6-14)10-17-15-7-8-16-18-12-19-20(16)11-15/h2-6,9,12,15,17H,7-8,10-11H2,1H3/b13-9-/t15-/m0/s1. The summed E-state index contributed by atoms with van der Waals surface area (Å²) in [5.41, 5.74) is 2.61. The van der Waals surface area contributed by atoms with Crippen LogP contribution in [0.3, 0.4) is 0 Å². The third-order valence-corrected chi connectivity index (χ3v) is 3.69. The summed E-state index contributed by atoms with van der Waals surface area (Å²) in [7, 11) is 0. The van der Waals surface area contributed by atoms with Crippen LogP contribution in [0.25, 0.3) is 6.08 Å². The van der Waals surface area contributed by atoms with Crippen LogP contribution in [-0.2, 0) is 13.0 Å². The summed E-state index contributed by atoms with van der Waals surface area (Å²) < 4.78 is 2.01. The van der Waals surface area contributed by atoms with Crippen LogP contribution in [0.15, 0.2) is 42.2 Å². The molecule has 0 radical (unpaired) electrons. The van der Waals surface area contributed by atoms with E-state index in [2.05, 4.69) is 52.7 Å². The number of aryl methyl sites for hydroxylation is 1. The molecule has 104 valence electrons. The molecule has 0 amide bonds. The van der Waals surface area contributed by atoms with Gasteiger partial charge in [0.05, 0.1) is 6.54 Å². The van der Waals surface area contributed by atoms with Gasteiger partial charge in [-0.2, -0.15) is 5.10 Å². The third-order valence-electron chi connectivity index (χ3n) is 3.69. The highest BCUT2D eigenvalue weighted by Gasteiger charge is 2.18. The van der Waals surface area contributed by atoms with E-state index >= 15 is 0 Å². The number of nitrogens with zero attached hydrogens (tertiary/aromatic N) is 3. The maximum absolute atomic E-state index is 4.25. The molecule has 2 heterocycles. The Bertz CT molecular complexity index is 586. The molecule has 1 atom stereocenters. The monoisotopic (exact) mass is 268 g/mol. The second-order valence-electron chi connectivity index (χ2n) is 5.38. The summed E-state index contributed by atoms with van der Waals surface area (Å²) in [6, 6.07) is 10.9. The molecule has 4 nitrogen and oxygen atoms in total. The molecule has 0 saturated carbocycles. The first-order valence-corrected chi connectivity index (χ1v) is 7.13. The van der Waals surface area contributed by atoms with E-state index in [0.29, 0.717) is 6.04 Å². The first-order valence-electron chi connectivity index (χ1n) is 7.13. The van der Waals surface area contributed by atoms with Crippen molar-refractivity contribution in [2.24, 2.45) is 0 Å². The molecule has 1 aromatic heterocycles. The molecule has 0 spiro atoms. The zero-order valence-corrected chi connectivity index (χ0v) is 11.8. The Balaban J connectivity index is 1.54. The van der Waals surface area contributed by atoms with Crippen LogP contribution in [0, 0.1) is 0 Å². The molecule has 1 aliphatic rings. The van der Waals surface area contributed by atoms with Crippen molar-refractivity contribution >= 4 is 6.08 Å². The number of hydrogen-bond acceptors (Lipinski definition) is 3. The van der Waals surface area contributed by atoms with Gasteiger partial charge in [-0.25, -0.2) is 9.67 Å². The van der Waals surface area contributed by atoms with Crippen LogP contribution in [0.2, 0.25) is 0 Å². The van der Waals surface area contributed by atoms with Crippen molar-refractivity contribution in [2.45, 2.75) is 32.4 Å². The number of nitrogens with one attached hydrogen (secondary N) is 1. The van der Waals surface area contributed by atoms with Crippen molar-refractivity contribution in [3.05, 3.63) is 53.6 Å². The maximum Gasteiger partial charge on any atom is 0.138 e. The number of aromatic nitrogens is 3. The predicted molar refractivity (Wildman–Crippen MR) is 80.2 cm³/mol. The quantitative estimate of drug-likeness (QED) is 0.925. The summed E-state index contributed by atoms with van der Waals surface area (Å²) in [4.78, 5) is 4.25. The molecule has 0 saturated heterocycles. The van der Waals surface area contributed by atoms with Gasteiger partial charge < -0.3 is 5.32 Å². The van der Waals surface area contributed by atoms with Crippen molar-refractivity contribution in [1.29, 1.82) is 0 Å². The Morgan fingerprint density at radius 2 is 2.25 bits per heavy atom. The van der Waals surface area contributed by atoms with E-state index in [4.69, 9.17) is 0 Å². The van der Waals surface area contributed by atoms with Crippen molar-refractivity contribution in [3.8, 4) is 0 Å². The van der Waals surface area contributed by atoms with Gasteiger partial charge in [0.1, 0.15) is 12.2 Å². The van der Waals surface area contributed by atoms with Crippen molar-refractivity contribution in [2.75, 3.05) is 6.54 Å². The van der Waals surface area contributed by atoms with Crippen LogP contribution in [-0.4, -0.2) is 27.4 Å². The molecule has 0 aliphatic carbocycles. The lowest BCUT2D eigenvalue weighted by atomic mass is 10.1. The summed E-state index contributed by atoms with van der Waals surface area (Å²) in [6.45, 7) is 4.02. The molecular weight excluding hydrogens is 248 g/mol. The van der Waals surface area contributed by atoms with Crippen molar-refractivity contribution in [3.63, 3.8) is 0 Å². The molecule has 2 aromatic rings. The normalized spacial score (nSPS) is 18.9. The molecule has 1 aromatic carbocycles. The van der Waals surface area contributed by atoms with Crippen molar-refractivity contribution < 1.29 is 0 Å². The molecule has 0 fully saturated rings. The fourth-order valence-electron chi connectivity index (χ4n) is 2.59. The SMILES string of the molecule is C/C(=C/c1ccccc1)CN[C@H]1CCc2ncnn2C1. The molecule has 0 bridgehead atoms. The van der Waals surface area contributed by atoms with E-state index in [0.717, 1.165) is 31.8 Å².